The van der Waals surface area contributed by atoms with E-state index in [0.29, 0.717) is 0 Å². The van der Waals surface area contributed by atoms with Crippen LogP contribution in [0.4, 0.5) is 5.69 Å². The van der Waals surface area contributed by atoms with E-state index < -0.39 is 0 Å². The van der Waals surface area contributed by atoms with Crippen LogP contribution in [0.1, 0.15) is 16.8 Å². The van der Waals surface area contributed by atoms with E-state index in [1.165, 1.54) is 16.8 Å². The molecule has 2 aromatic rings. The number of carbonyl (C=O) groups is 1. The lowest BCUT2D eigenvalue weighted by Crippen LogP contribution is -2.35. The summed E-state index contributed by atoms with van der Waals surface area (Å²) in [5.74, 6) is 0.748. The number of benzene rings is 1. The second-order valence-corrected chi connectivity index (χ2v) is 5.93. The predicted octanol–water partition coefficient (Wildman–Crippen LogP) is 1.99. The van der Waals surface area contributed by atoms with Gasteiger partial charge in [-0.1, -0.05) is 0 Å². The van der Waals surface area contributed by atoms with Crippen molar-refractivity contribution in [2.45, 2.75) is 19.9 Å². The maximum atomic E-state index is 11.8. The van der Waals surface area contributed by atoms with Crippen LogP contribution in [-0.2, 0) is 17.8 Å². The van der Waals surface area contributed by atoms with Gasteiger partial charge in [0.15, 0.2) is 6.61 Å². The van der Waals surface area contributed by atoms with Gasteiger partial charge in [-0.2, -0.15) is 0 Å². The number of aromatic nitrogens is 1. The number of hydrogen-bond acceptors (Lipinski definition) is 3. The number of H-pyrrole nitrogens is 1. The maximum Gasteiger partial charge on any atom is 0.264 e. The molecular formula is C17H19N3O2. The highest BCUT2D eigenvalue weighted by atomic mass is 16.5. The number of amides is 1. The normalized spacial score (nSPS) is 17.0. The Kier molecular flexibility index (Phi) is 2.97. The molecule has 5 heteroatoms. The zero-order chi connectivity index (χ0) is 15.3. The van der Waals surface area contributed by atoms with Gasteiger partial charge in [0, 0.05) is 43.5 Å². The molecule has 2 aliphatic rings. The van der Waals surface area contributed by atoms with E-state index in [2.05, 4.69) is 23.3 Å². The van der Waals surface area contributed by atoms with Crippen LogP contribution in [0.25, 0.3) is 11.3 Å². The van der Waals surface area contributed by atoms with Crippen molar-refractivity contribution in [3.8, 4) is 17.0 Å². The van der Waals surface area contributed by atoms with Crippen LogP contribution >= 0.6 is 0 Å². The molecule has 0 unspecified atom stereocenters. The van der Waals surface area contributed by atoms with Gasteiger partial charge in [0.05, 0.1) is 5.69 Å². The van der Waals surface area contributed by atoms with Gasteiger partial charge in [-0.25, -0.2) is 0 Å². The smallest absolute Gasteiger partial charge is 0.264 e. The minimum atomic E-state index is -0.0173. The summed E-state index contributed by atoms with van der Waals surface area (Å²) in [4.78, 5) is 17.1. The van der Waals surface area contributed by atoms with Crippen LogP contribution in [-0.4, -0.2) is 31.1 Å². The summed E-state index contributed by atoms with van der Waals surface area (Å²) >= 11 is 0. The van der Waals surface area contributed by atoms with E-state index in [-0.39, 0.29) is 12.5 Å². The van der Waals surface area contributed by atoms with Gasteiger partial charge in [-0.15, -0.1) is 0 Å². The fourth-order valence-corrected chi connectivity index (χ4v) is 3.29. The zero-order valence-corrected chi connectivity index (χ0v) is 12.8. The standard InChI is InChI=1S/C17H19N3O2/c1-10-12-8-18-6-5-13(12)19-17(10)11-3-4-15-14(7-11)20(2)16(21)9-22-15/h3-4,7,18-19H,5-6,8-9H2,1-2H3. The molecule has 3 heterocycles. The second kappa shape index (κ2) is 4.88. The lowest BCUT2D eigenvalue weighted by atomic mass is 10.0. The molecule has 1 aromatic carbocycles. The van der Waals surface area contributed by atoms with E-state index in [1.807, 2.05) is 12.1 Å². The van der Waals surface area contributed by atoms with Gasteiger partial charge in [0.2, 0.25) is 0 Å². The Morgan fingerprint density at radius 2 is 2.18 bits per heavy atom. The van der Waals surface area contributed by atoms with Gasteiger partial charge >= 0.3 is 0 Å². The van der Waals surface area contributed by atoms with Crippen molar-refractivity contribution in [2.75, 3.05) is 25.1 Å². The molecule has 0 aliphatic carbocycles. The summed E-state index contributed by atoms with van der Waals surface area (Å²) in [5.41, 5.74) is 7.05. The summed E-state index contributed by atoms with van der Waals surface area (Å²) in [5, 5.41) is 3.42. The van der Waals surface area contributed by atoms with Gasteiger partial charge in [-0.05, 0) is 36.2 Å². The Labute approximate surface area is 129 Å². The second-order valence-electron chi connectivity index (χ2n) is 5.93. The van der Waals surface area contributed by atoms with Gasteiger partial charge in [0.25, 0.3) is 5.91 Å². The molecule has 0 saturated heterocycles. The molecule has 2 aliphatic heterocycles. The Bertz CT molecular complexity index is 764. The number of aromatic amines is 1. The predicted molar refractivity (Wildman–Crippen MR) is 85.3 cm³/mol. The summed E-state index contributed by atoms with van der Waals surface area (Å²) in [6.07, 6.45) is 1.03. The van der Waals surface area contributed by atoms with Crippen molar-refractivity contribution in [1.82, 2.24) is 10.3 Å². The molecule has 1 aromatic heterocycles. The first kappa shape index (κ1) is 13.4. The SMILES string of the molecule is Cc1c(-c2ccc3c(c2)N(C)C(=O)CO3)[nH]c2c1CNCC2. The number of nitrogens with zero attached hydrogens (tertiary/aromatic N) is 1. The molecule has 0 bridgehead atoms. The molecule has 0 radical (unpaired) electrons. The van der Waals surface area contributed by atoms with Crippen LogP contribution in [0, 0.1) is 6.92 Å². The molecule has 4 rings (SSSR count). The van der Waals surface area contributed by atoms with E-state index in [9.17, 15) is 4.79 Å². The molecule has 0 spiro atoms. The fourth-order valence-electron chi connectivity index (χ4n) is 3.29. The number of ether oxygens (including phenoxy) is 1. The third kappa shape index (κ3) is 1.93. The molecule has 5 nitrogen and oxygen atoms in total. The molecule has 2 N–H and O–H groups in total. The van der Waals surface area contributed by atoms with E-state index >= 15 is 0 Å². The minimum absolute atomic E-state index is 0.0173. The van der Waals surface area contributed by atoms with Crippen LogP contribution in [0.2, 0.25) is 0 Å². The summed E-state index contributed by atoms with van der Waals surface area (Å²) in [6.45, 7) is 4.21. The van der Waals surface area contributed by atoms with Crippen molar-refractivity contribution in [1.29, 1.82) is 0 Å². The summed E-state index contributed by atoms with van der Waals surface area (Å²) < 4.78 is 5.50. The molecular weight excluding hydrogens is 278 g/mol. The number of likely N-dealkylation sites (N-methyl/N-ethyl adjacent to an activating group) is 1. The quantitative estimate of drug-likeness (QED) is 0.846. The third-order valence-electron chi connectivity index (χ3n) is 4.66. The monoisotopic (exact) mass is 297 g/mol. The summed E-state index contributed by atoms with van der Waals surface area (Å²) in [7, 11) is 1.80. The lowest BCUT2D eigenvalue weighted by molar-refractivity contribution is -0.120. The average molecular weight is 297 g/mol. The lowest BCUT2D eigenvalue weighted by Gasteiger charge is -2.26. The van der Waals surface area contributed by atoms with Gasteiger partial charge < -0.3 is 19.9 Å². The number of hydrogen-bond donors (Lipinski definition) is 2. The molecule has 0 fully saturated rings. The first-order valence-electron chi connectivity index (χ1n) is 7.60. The number of nitrogens with one attached hydrogen (secondary N) is 2. The van der Waals surface area contributed by atoms with E-state index in [1.54, 1.807) is 11.9 Å². The Morgan fingerprint density at radius 1 is 1.32 bits per heavy atom. The summed E-state index contributed by atoms with van der Waals surface area (Å²) in [6, 6.07) is 6.04. The largest absolute Gasteiger partial charge is 0.482 e. The van der Waals surface area contributed by atoms with Crippen LogP contribution in [0.15, 0.2) is 18.2 Å². The Hall–Kier alpha value is -2.27. The third-order valence-corrected chi connectivity index (χ3v) is 4.66. The number of rotatable bonds is 1. The van der Waals surface area contributed by atoms with Crippen molar-refractivity contribution in [3.63, 3.8) is 0 Å². The first-order valence-corrected chi connectivity index (χ1v) is 7.60. The molecule has 1 amide bonds. The van der Waals surface area contributed by atoms with Crippen LogP contribution in [0.3, 0.4) is 0 Å². The Morgan fingerprint density at radius 3 is 3.00 bits per heavy atom. The molecule has 22 heavy (non-hydrogen) atoms. The van der Waals surface area contributed by atoms with E-state index in [0.717, 1.165) is 42.2 Å². The van der Waals surface area contributed by atoms with Crippen molar-refractivity contribution < 1.29 is 9.53 Å². The highest BCUT2D eigenvalue weighted by Gasteiger charge is 2.24. The fraction of sp³-hybridized carbons (Fsp3) is 0.353. The minimum Gasteiger partial charge on any atom is -0.482 e. The topological polar surface area (TPSA) is 57.4 Å². The molecule has 114 valence electrons. The van der Waals surface area contributed by atoms with Crippen LogP contribution in [0.5, 0.6) is 5.75 Å². The number of fused-ring (bicyclic) bond motifs is 2. The molecule has 0 saturated carbocycles. The van der Waals surface area contributed by atoms with E-state index in [4.69, 9.17) is 4.74 Å². The number of carbonyl (C=O) groups excluding carboxylic acids is 1. The maximum absolute atomic E-state index is 11.8. The van der Waals surface area contributed by atoms with Crippen molar-refractivity contribution in [3.05, 3.63) is 35.0 Å². The highest BCUT2D eigenvalue weighted by molar-refractivity contribution is 5.98. The van der Waals surface area contributed by atoms with Crippen LogP contribution < -0.4 is 15.0 Å². The first-order chi connectivity index (χ1) is 10.6. The zero-order valence-electron chi connectivity index (χ0n) is 12.8. The number of anilines is 1. The van der Waals surface area contributed by atoms with Gasteiger partial charge in [-0.3, -0.25) is 4.79 Å². The molecule has 0 atom stereocenters. The Balaban J connectivity index is 1.81. The van der Waals surface area contributed by atoms with Crippen molar-refractivity contribution >= 4 is 11.6 Å². The average Bonchev–Trinajstić information content (AvgIpc) is 2.88. The van der Waals surface area contributed by atoms with Crippen molar-refractivity contribution in [2.24, 2.45) is 0 Å². The van der Waals surface area contributed by atoms with Gasteiger partial charge in [0.1, 0.15) is 5.75 Å². The highest BCUT2D eigenvalue weighted by Crippen LogP contribution is 2.37.